The van der Waals surface area contributed by atoms with Crippen molar-refractivity contribution in [2.24, 2.45) is 0 Å². The first-order valence-corrected chi connectivity index (χ1v) is 5.35. The van der Waals surface area contributed by atoms with Gasteiger partial charge >= 0.3 is 5.97 Å². The first-order valence-electron chi connectivity index (χ1n) is 5.35. The fourth-order valence-electron chi connectivity index (χ4n) is 1.94. The van der Waals surface area contributed by atoms with E-state index in [1.165, 1.54) is 0 Å². The molecule has 1 aromatic heterocycles. The van der Waals surface area contributed by atoms with Gasteiger partial charge < -0.3 is 15.3 Å². The lowest BCUT2D eigenvalue weighted by Crippen LogP contribution is -2.49. The van der Waals surface area contributed by atoms with Crippen LogP contribution in [0.15, 0.2) is 18.3 Å². The molecule has 0 aliphatic carbocycles. The van der Waals surface area contributed by atoms with Gasteiger partial charge in [0.1, 0.15) is 11.4 Å². The fraction of sp³-hybridized carbons (Fsp3) is 0.455. The highest BCUT2D eigenvalue weighted by atomic mass is 16.4. The van der Waals surface area contributed by atoms with Crippen LogP contribution in [0.4, 0.5) is 5.82 Å². The summed E-state index contributed by atoms with van der Waals surface area (Å²) in [5.41, 5.74) is 0.275. The van der Waals surface area contributed by atoms with Crippen molar-refractivity contribution in [2.75, 3.05) is 24.5 Å². The first kappa shape index (κ1) is 10.9. The molecular weight excluding hydrogens is 206 g/mol. The van der Waals surface area contributed by atoms with Crippen molar-refractivity contribution < 1.29 is 9.90 Å². The highest BCUT2D eigenvalue weighted by molar-refractivity contribution is 5.93. The number of hydrogen-bond acceptors (Lipinski definition) is 4. The molecule has 5 heteroatoms. The maximum atomic E-state index is 11.1. The van der Waals surface area contributed by atoms with Gasteiger partial charge in [0.05, 0.1) is 0 Å². The van der Waals surface area contributed by atoms with E-state index in [4.69, 9.17) is 5.11 Å². The van der Waals surface area contributed by atoms with E-state index < -0.39 is 5.97 Å². The number of anilines is 1. The third-order valence-electron chi connectivity index (χ3n) is 2.69. The molecule has 2 heterocycles. The number of pyridine rings is 1. The van der Waals surface area contributed by atoms with Crippen LogP contribution < -0.4 is 10.2 Å². The summed E-state index contributed by atoms with van der Waals surface area (Å²) >= 11 is 0. The van der Waals surface area contributed by atoms with Gasteiger partial charge in [-0.05, 0) is 19.1 Å². The Morgan fingerprint density at radius 3 is 3.19 bits per heavy atom. The number of nitrogens with one attached hydrogen (secondary N) is 1. The molecule has 1 saturated heterocycles. The average molecular weight is 221 g/mol. The summed E-state index contributed by atoms with van der Waals surface area (Å²) in [5.74, 6) is -0.349. The minimum atomic E-state index is -0.922. The van der Waals surface area contributed by atoms with Crippen molar-refractivity contribution in [2.45, 2.75) is 13.0 Å². The van der Waals surface area contributed by atoms with Crippen LogP contribution in [0.5, 0.6) is 0 Å². The second-order valence-corrected chi connectivity index (χ2v) is 3.98. The Morgan fingerprint density at radius 1 is 1.69 bits per heavy atom. The van der Waals surface area contributed by atoms with Crippen LogP contribution in [0, 0.1) is 0 Å². The molecular formula is C11H15N3O2. The van der Waals surface area contributed by atoms with E-state index >= 15 is 0 Å². The van der Waals surface area contributed by atoms with Gasteiger partial charge in [-0.1, -0.05) is 0 Å². The van der Waals surface area contributed by atoms with Gasteiger partial charge in [0, 0.05) is 31.9 Å². The van der Waals surface area contributed by atoms with E-state index in [-0.39, 0.29) is 5.56 Å². The average Bonchev–Trinajstić information content (AvgIpc) is 2.29. The molecule has 1 aromatic rings. The number of rotatable bonds is 2. The lowest BCUT2D eigenvalue weighted by atomic mass is 10.2. The number of carboxylic acids is 1. The molecule has 5 nitrogen and oxygen atoms in total. The molecule has 0 radical (unpaired) electrons. The van der Waals surface area contributed by atoms with Crippen molar-refractivity contribution in [3.8, 4) is 0 Å². The monoisotopic (exact) mass is 221 g/mol. The van der Waals surface area contributed by atoms with Crippen molar-refractivity contribution in [1.82, 2.24) is 10.3 Å². The van der Waals surface area contributed by atoms with Crippen molar-refractivity contribution in [3.63, 3.8) is 0 Å². The molecule has 1 fully saturated rings. The molecule has 0 amide bonds. The largest absolute Gasteiger partial charge is 0.478 e. The van der Waals surface area contributed by atoms with Crippen molar-refractivity contribution in [3.05, 3.63) is 23.9 Å². The summed E-state index contributed by atoms with van der Waals surface area (Å²) in [6.07, 6.45) is 1.63. The number of carboxylic acid groups (broad SMARTS) is 1. The molecule has 0 bridgehead atoms. The fourth-order valence-corrected chi connectivity index (χ4v) is 1.94. The van der Waals surface area contributed by atoms with E-state index in [1.807, 2.05) is 4.90 Å². The summed E-state index contributed by atoms with van der Waals surface area (Å²) < 4.78 is 0. The maximum Gasteiger partial charge on any atom is 0.339 e. The van der Waals surface area contributed by atoms with Gasteiger partial charge in [0.25, 0.3) is 0 Å². The van der Waals surface area contributed by atoms with E-state index in [9.17, 15) is 4.79 Å². The Kier molecular flexibility index (Phi) is 3.05. The number of nitrogens with zero attached hydrogens (tertiary/aromatic N) is 2. The van der Waals surface area contributed by atoms with Gasteiger partial charge in [-0.25, -0.2) is 9.78 Å². The zero-order valence-electron chi connectivity index (χ0n) is 9.18. The lowest BCUT2D eigenvalue weighted by Gasteiger charge is -2.33. The maximum absolute atomic E-state index is 11.1. The summed E-state index contributed by atoms with van der Waals surface area (Å²) in [4.78, 5) is 17.3. The predicted octanol–water partition coefficient (Wildman–Crippen LogP) is 0.578. The molecule has 0 saturated carbocycles. The Bertz CT molecular complexity index is 395. The van der Waals surface area contributed by atoms with Crippen molar-refractivity contribution in [1.29, 1.82) is 0 Å². The van der Waals surface area contributed by atoms with Gasteiger partial charge in [-0.3, -0.25) is 0 Å². The number of carbonyl (C=O) groups is 1. The zero-order chi connectivity index (χ0) is 11.5. The summed E-state index contributed by atoms with van der Waals surface area (Å²) in [5, 5.41) is 12.4. The Labute approximate surface area is 94.1 Å². The molecule has 1 aliphatic rings. The smallest absolute Gasteiger partial charge is 0.339 e. The zero-order valence-corrected chi connectivity index (χ0v) is 9.18. The quantitative estimate of drug-likeness (QED) is 0.764. The predicted molar refractivity (Wildman–Crippen MR) is 60.9 cm³/mol. The summed E-state index contributed by atoms with van der Waals surface area (Å²) in [7, 11) is 0. The molecule has 1 unspecified atom stereocenters. The Morgan fingerprint density at radius 2 is 2.50 bits per heavy atom. The van der Waals surface area contributed by atoms with Gasteiger partial charge in [0.2, 0.25) is 0 Å². The highest BCUT2D eigenvalue weighted by Crippen LogP contribution is 2.18. The molecule has 0 aromatic carbocycles. The normalized spacial score (nSPS) is 20.8. The molecule has 0 spiro atoms. The van der Waals surface area contributed by atoms with Crippen LogP contribution in [0.3, 0.4) is 0 Å². The van der Waals surface area contributed by atoms with Gasteiger partial charge in [0.15, 0.2) is 0 Å². The van der Waals surface area contributed by atoms with E-state index in [2.05, 4.69) is 17.2 Å². The number of aromatic nitrogens is 1. The van der Waals surface area contributed by atoms with Gasteiger partial charge in [-0.2, -0.15) is 0 Å². The number of aromatic carboxylic acids is 1. The minimum Gasteiger partial charge on any atom is -0.478 e. The van der Waals surface area contributed by atoms with Crippen LogP contribution >= 0.6 is 0 Å². The van der Waals surface area contributed by atoms with E-state index in [0.29, 0.717) is 11.9 Å². The van der Waals surface area contributed by atoms with E-state index in [0.717, 1.165) is 19.6 Å². The minimum absolute atomic E-state index is 0.275. The topological polar surface area (TPSA) is 65.5 Å². The number of piperazine rings is 1. The van der Waals surface area contributed by atoms with Crippen LogP contribution in [-0.2, 0) is 0 Å². The molecule has 1 aliphatic heterocycles. The highest BCUT2D eigenvalue weighted by Gasteiger charge is 2.21. The molecule has 86 valence electrons. The number of hydrogen-bond donors (Lipinski definition) is 2. The summed E-state index contributed by atoms with van der Waals surface area (Å²) in [6, 6.07) is 3.60. The molecule has 16 heavy (non-hydrogen) atoms. The van der Waals surface area contributed by atoms with Crippen LogP contribution in [0.2, 0.25) is 0 Å². The van der Waals surface area contributed by atoms with Crippen LogP contribution in [-0.4, -0.2) is 41.7 Å². The second-order valence-electron chi connectivity index (χ2n) is 3.98. The standard InChI is InChI=1S/C11H15N3O2/c1-8-7-14(6-5-12-8)10-9(11(15)16)3-2-4-13-10/h2-4,8,12H,5-7H2,1H3,(H,15,16). The van der Waals surface area contributed by atoms with Crippen molar-refractivity contribution >= 4 is 11.8 Å². The summed E-state index contributed by atoms with van der Waals surface area (Å²) in [6.45, 7) is 4.52. The van der Waals surface area contributed by atoms with E-state index in [1.54, 1.807) is 18.3 Å². The van der Waals surface area contributed by atoms with Crippen LogP contribution in [0.25, 0.3) is 0 Å². The Balaban J connectivity index is 2.28. The Hall–Kier alpha value is -1.62. The first-order chi connectivity index (χ1) is 7.68. The SMILES string of the molecule is CC1CN(c2ncccc2C(=O)O)CCN1. The third-order valence-corrected chi connectivity index (χ3v) is 2.69. The molecule has 2 rings (SSSR count). The second kappa shape index (κ2) is 4.49. The molecule has 2 N–H and O–H groups in total. The van der Waals surface area contributed by atoms with Gasteiger partial charge in [-0.15, -0.1) is 0 Å². The van der Waals surface area contributed by atoms with Crippen LogP contribution in [0.1, 0.15) is 17.3 Å². The lowest BCUT2D eigenvalue weighted by molar-refractivity contribution is 0.0697. The molecule has 1 atom stereocenters. The third kappa shape index (κ3) is 2.14.